The van der Waals surface area contributed by atoms with E-state index in [1.54, 1.807) is 12.1 Å². The van der Waals surface area contributed by atoms with Crippen molar-refractivity contribution in [2.24, 2.45) is 0 Å². The van der Waals surface area contributed by atoms with Crippen molar-refractivity contribution in [2.75, 3.05) is 25.0 Å². The highest BCUT2D eigenvalue weighted by molar-refractivity contribution is 7.89. The van der Waals surface area contributed by atoms with Crippen LogP contribution < -0.4 is 14.9 Å². The Bertz CT molecular complexity index is 573. The average Bonchev–Trinajstić information content (AvgIpc) is 3.31. The van der Waals surface area contributed by atoms with Crippen molar-refractivity contribution in [1.82, 2.24) is 10.0 Å². The molecule has 0 radical (unpaired) electrons. The van der Waals surface area contributed by atoms with Crippen LogP contribution in [0, 0.1) is 0 Å². The standard InChI is InChI=1S/C15H23N3O2S/c1-16-12-8-10-18(11-9-12)14-4-6-15(7-5-14)21(19,20)17-13-2-3-13/h4-7,12-13,16-17H,2-3,8-11H2,1H3. The van der Waals surface area contributed by atoms with Crippen LogP contribution in [-0.4, -0.2) is 40.6 Å². The number of anilines is 1. The number of piperidine rings is 1. The smallest absolute Gasteiger partial charge is 0.240 e. The molecule has 2 N–H and O–H groups in total. The van der Waals surface area contributed by atoms with Crippen molar-refractivity contribution in [3.05, 3.63) is 24.3 Å². The Balaban J connectivity index is 1.66. The Hall–Kier alpha value is -1.11. The molecule has 6 heteroatoms. The summed E-state index contributed by atoms with van der Waals surface area (Å²) >= 11 is 0. The highest BCUT2D eigenvalue weighted by Gasteiger charge is 2.28. The molecule has 0 spiro atoms. The summed E-state index contributed by atoms with van der Waals surface area (Å²) in [5, 5.41) is 3.31. The number of sulfonamides is 1. The summed E-state index contributed by atoms with van der Waals surface area (Å²) in [6.45, 7) is 2.02. The Labute approximate surface area is 126 Å². The quantitative estimate of drug-likeness (QED) is 0.861. The van der Waals surface area contributed by atoms with Gasteiger partial charge < -0.3 is 10.2 Å². The third kappa shape index (κ3) is 3.56. The number of nitrogens with zero attached hydrogens (tertiary/aromatic N) is 1. The minimum atomic E-state index is -3.34. The van der Waals surface area contributed by atoms with Crippen LogP contribution in [0.15, 0.2) is 29.2 Å². The third-order valence-electron chi connectivity index (χ3n) is 4.31. The highest BCUT2D eigenvalue weighted by Crippen LogP contribution is 2.24. The zero-order valence-corrected chi connectivity index (χ0v) is 13.2. The van der Waals surface area contributed by atoms with Crippen LogP contribution in [0.1, 0.15) is 25.7 Å². The van der Waals surface area contributed by atoms with E-state index in [9.17, 15) is 8.42 Å². The minimum Gasteiger partial charge on any atom is -0.371 e. The van der Waals surface area contributed by atoms with Crippen LogP contribution in [0.2, 0.25) is 0 Å². The average molecular weight is 309 g/mol. The molecule has 0 atom stereocenters. The lowest BCUT2D eigenvalue weighted by Gasteiger charge is -2.33. The van der Waals surface area contributed by atoms with Crippen molar-refractivity contribution >= 4 is 15.7 Å². The Kier molecular flexibility index (Phi) is 4.19. The SMILES string of the molecule is CNC1CCN(c2ccc(S(=O)(=O)NC3CC3)cc2)CC1. The van der Waals surface area contributed by atoms with E-state index in [1.165, 1.54) is 0 Å². The first-order chi connectivity index (χ1) is 10.1. The maximum Gasteiger partial charge on any atom is 0.240 e. The predicted molar refractivity (Wildman–Crippen MR) is 84.1 cm³/mol. The first kappa shape index (κ1) is 14.8. The Morgan fingerprint density at radius 1 is 1.00 bits per heavy atom. The van der Waals surface area contributed by atoms with Crippen molar-refractivity contribution in [2.45, 2.75) is 42.7 Å². The molecule has 1 saturated carbocycles. The summed E-state index contributed by atoms with van der Waals surface area (Å²) in [6, 6.07) is 8.01. The molecule has 0 aromatic heterocycles. The molecule has 0 amide bonds. The van der Waals surface area contributed by atoms with Gasteiger partial charge in [-0.25, -0.2) is 13.1 Å². The van der Waals surface area contributed by atoms with Crippen molar-refractivity contribution < 1.29 is 8.42 Å². The Morgan fingerprint density at radius 3 is 2.14 bits per heavy atom. The monoisotopic (exact) mass is 309 g/mol. The molecule has 5 nitrogen and oxygen atoms in total. The van der Waals surface area contributed by atoms with Gasteiger partial charge in [0.1, 0.15) is 0 Å². The maximum absolute atomic E-state index is 12.1. The Morgan fingerprint density at radius 2 is 1.62 bits per heavy atom. The van der Waals surface area contributed by atoms with Gasteiger partial charge in [0.15, 0.2) is 0 Å². The molecule has 1 heterocycles. The van der Waals surface area contributed by atoms with Gasteiger partial charge in [0.25, 0.3) is 0 Å². The van der Waals surface area contributed by atoms with E-state index in [1.807, 2.05) is 19.2 Å². The van der Waals surface area contributed by atoms with E-state index < -0.39 is 10.0 Å². The lowest BCUT2D eigenvalue weighted by Crippen LogP contribution is -2.41. The molecule has 1 aromatic carbocycles. The van der Waals surface area contributed by atoms with Crippen LogP contribution in [0.5, 0.6) is 0 Å². The molecule has 2 aliphatic rings. The lowest BCUT2D eigenvalue weighted by atomic mass is 10.0. The van der Waals surface area contributed by atoms with E-state index in [4.69, 9.17) is 0 Å². The fraction of sp³-hybridized carbons (Fsp3) is 0.600. The minimum absolute atomic E-state index is 0.148. The summed E-state index contributed by atoms with van der Waals surface area (Å²) in [7, 11) is -1.33. The van der Waals surface area contributed by atoms with Gasteiger partial charge in [0, 0.05) is 30.9 Å². The van der Waals surface area contributed by atoms with E-state index in [2.05, 4.69) is 14.9 Å². The topological polar surface area (TPSA) is 61.4 Å². The van der Waals surface area contributed by atoms with Crippen LogP contribution in [0.3, 0.4) is 0 Å². The number of hydrogen-bond donors (Lipinski definition) is 2. The van der Waals surface area contributed by atoms with Crippen molar-refractivity contribution in [3.8, 4) is 0 Å². The summed E-state index contributed by atoms with van der Waals surface area (Å²) < 4.78 is 26.9. The highest BCUT2D eigenvalue weighted by atomic mass is 32.2. The van der Waals surface area contributed by atoms with Crippen LogP contribution >= 0.6 is 0 Å². The number of nitrogens with one attached hydrogen (secondary N) is 2. The van der Waals surface area contributed by atoms with Crippen LogP contribution in [0.4, 0.5) is 5.69 Å². The summed E-state index contributed by atoms with van der Waals surface area (Å²) in [5.74, 6) is 0. The zero-order valence-electron chi connectivity index (χ0n) is 12.4. The van der Waals surface area contributed by atoms with E-state index in [0.717, 1.165) is 44.5 Å². The fourth-order valence-corrected chi connectivity index (χ4v) is 4.06. The van der Waals surface area contributed by atoms with Gasteiger partial charge in [-0.3, -0.25) is 0 Å². The van der Waals surface area contributed by atoms with Gasteiger partial charge >= 0.3 is 0 Å². The second kappa shape index (κ2) is 5.94. The second-order valence-electron chi connectivity index (χ2n) is 5.94. The first-order valence-corrected chi connectivity index (χ1v) is 9.11. The molecule has 21 heavy (non-hydrogen) atoms. The molecule has 0 bridgehead atoms. The van der Waals surface area contributed by atoms with E-state index >= 15 is 0 Å². The molecule has 1 aromatic rings. The molecule has 3 rings (SSSR count). The number of rotatable bonds is 5. The summed E-state index contributed by atoms with van der Waals surface area (Å²) in [5.41, 5.74) is 1.11. The van der Waals surface area contributed by atoms with E-state index in [-0.39, 0.29) is 6.04 Å². The number of benzene rings is 1. The first-order valence-electron chi connectivity index (χ1n) is 7.63. The summed E-state index contributed by atoms with van der Waals surface area (Å²) in [6.07, 6.45) is 4.16. The van der Waals surface area contributed by atoms with Gasteiger partial charge in [-0.15, -0.1) is 0 Å². The molecular weight excluding hydrogens is 286 g/mol. The van der Waals surface area contributed by atoms with Gasteiger partial charge in [-0.05, 0) is 57.0 Å². The fourth-order valence-electron chi connectivity index (χ4n) is 2.75. The van der Waals surface area contributed by atoms with Crippen LogP contribution in [0.25, 0.3) is 0 Å². The van der Waals surface area contributed by atoms with Gasteiger partial charge in [0.05, 0.1) is 4.90 Å². The zero-order chi connectivity index (χ0) is 14.9. The van der Waals surface area contributed by atoms with E-state index in [0.29, 0.717) is 10.9 Å². The van der Waals surface area contributed by atoms with Gasteiger partial charge in [0.2, 0.25) is 10.0 Å². The summed E-state index contributed by atoms with van der Waals surface area (Å²) in [4.78, 5) is 2.68. The van der Waals surface area contributed by atoms with Gasteiger partial charge in [-0.1, -0.05) is 0 Å². The van der Waals surface area contributed by atoms with Crippen LogP contribution in [-0.2, 0) is 10.0 Å². The largest absolute Gasteiger partial charge is 0.371 e. The lowest BCUT2D eigenvalue weighted by molar-refractivity contribution is 0.442. The number of hydrogen-bond acceptors (Lipinski definition) is 4. The molecule has 1 aliphatic carbocycles. The van der Waals surface area contributed by atoms with Crippen molar-refractivity contribution in [1.29, 1.82) is 0 Å². The molecule has 0 unspecified atom stereocenters. The predicted octanol–water partition coefficient (Wildman–Crippen LogP) is 1.32. The third-order valence-corrected chi connectivity index (χ3v) is 5.85. The molecule has 116 valence electrons. The van der Waals surface area contributed by atoms with Gasteiger partial charge in [-0.2, -0.15) is 0 Å². The molecule has 2 fully saturated rings. The molecule has 1 aliphatic heterocycles. The molecule has 1 saturated heterocycles. The second-order valence-corrected chi connectivity index (χ2v) is 7.65. The molecular formula is C15H23N3O2S. The maximum atomic E-state index is 12.1. The normalized spacial score (nSPS) is 20.7. The van der Waals surface area contributed by atoms with Crippen molar-refractivity contribution in [3.63, 3.8) is 0 Å².